The summed E-state index contributed by atoms with van der Waals surface area (Å²) in [5.74, 6) is -0.291. The number of carbonyl (C=O) groups excluding carboxylic acids is 2. The first-order valence-corrected chi connectivity index (χ1v) is 5.05. The molecule has 0 fully saturated rings. The Balaban J connectivity index is 4.69. The van der Waals surface area contributed by atoms with Gasteiger partial charge in [0.05, 0.1) is 13.0 Å². The van der Waals surface area contributed by atoms with E-state index in [-0.39, 0.29) is 11.7 Å². The summed E-state index contributed by atoms with van der Waals surface area (Å²) < 4.78 is 4.46. The fourth-order valence-electron chi connectivity index (χ4n) is 1.27. The van der Waals surface area contributed by atoms with Gasteiger partial charge in [0.15, 0.2) is 5.78 Å². The van der Waals surface area contributed by atoms with E-state index in [0.29, 0.717) is 12.8 Å². The molecular formula is C9H16ClNO3. The summed E-state index contributed by atoms with van der Waals surface area (Å²) in [6.07, 6.45) is 0.404. The molecule has 0 saturated carbocycles. The highest BCUT2D eigenvalue weighted by molar-refractivity contribution is 6.29. The van der Waals surface area contributed by atoms with Crippen molar-refractivity contribution in [2.45, 2.75) is 32.2 Å². The molecule has 0 aliphatic carbocycles. The lowest BCUT2D eigenvalue weighted by Gasteiger charge is -2.29. The molecule has 0 radical (unpaired) electrons. The molecule has 0 rings (SSSR count). The Kier molecular flexibility index (Phi) is 5.53. The predicted molar refractivity (Wildman–Crippen MR) is 54.6 cm³/mol. The molecule has 0 aromatic heterocycles. The first kappa shape index (κ1) is 13.2. The van der Waals surface area contributed by atoms with Crippen LogP contribution in [0, 0.1) is 0 Å². The quantitative estimate of drug-likeness (QED) is 0.719. The Bertz CT molecular complexity index is 214. The zero-order chi connectivity index (χ0) is 11.2. The van der Waals surface area contributed by atoms with Crippen molar-refractivity contribution in [3.05, 3.63) is 0 Å². The van der Waals surface area contributed by atoms with Gasteiger partial charge in [-0.15, -0.1) is 11.6 Å². The molecule has 82 valence electrons. The van der Waals surface area contributed by atoms with E-state index >= 15 is 0 Å². The maximum atomic E-state index is 11.5. The molecule has 0 aromatic carbocycles. The summed E-state index contributed by atoms with van der Waals surface area (Å²) in [7, 11) is 1.26. The summed E-state index contributed by atoms with van der Waals surface area (Å²) in [6, 6.07) is 0. The Morgan fingerprint density at radius 1 is 1.36 bits per heavy atom. The Morgan fingerprint density at radius 2 is 1.86 bits per heavy atom. The highest BCUT2D eigenvalue weighted by atomic mass is 35.5. The molecule has 0 aliphatic rings. The van der Waals surface area contributed by atoms with E-state index in [0.717, 1.165) is 0 Å². The number of hydrogen-bond donors (Lipinski definition) is 1. The molecule has 0 heterocycles. The van der Waals surface area contributed by atoms with Crippen LogP contribution in [-0.2, 0) is 9.53 Å². The number of alkyl halides is 1. The second kappa shape index (κ2) is 5.86. The van der Waals surface area contributed by atoms with Gasteiger partial charge in [0.1, 0.15) is 5.54 Å². The van der Waals surface area contributed by atoms with Crippen LogP contribution >= 0.6 is 11.6 Å². The third-order valence-electron chi connectivity index (χ3n) is 2.39. The van der Waals surface area contributed by atoms with Crippen LogP contribution in [0.1, 0.15) is 26.7 Å². The number of halogens is 1. The van der Waals surface area contributed by atoms with Crippen LogP contribution < -0.4 is 5.32 Å². The number of Topliss-reactive ketones (excluding diaryl/α,β-unsaturated/α-hetero) is 1. The summed E-state index contributed by atoms with van der Waals surface area (Å²) in [4.78, 5) is 22.6. The zero-order valence-electron chi connectivity index (χ0n) is 8.72. The number of amides is 1. The van der Waals surface area contributed by atoms with Crippen molar-refractivity contribution in [1.82, 2.24) is 5.32 Å². The average molecular weight is 222 g/mol. The van der Waals surface area contributed by atoms with E-state index in [1.54, 1.807) is 0 Å². The summed E-state index contributed by atoms with van der Waals surface area (Å²) in [5.41, 5.74) is -0.880. The van der Waals surface area contributed by atoms with Gasteiger partial charge in [0.25, 0.3) is 0 Å². The fourth-order valence-corrected chi connectivity index (χ4v) is 1.52. The van der Waals surface area contributed by atoms with Crippen LogP contribution in [0.4, 0.5) is 4.79 Å². The third-order valence-corrected chi connectivity index (χ3v) is 2.63. The molecule has 1 amide bonds. The second-order valence-corrected chi connectivity index (χ2v) is 3.23. The van der Waals surface area contributed by atoms with Crippen LogP contribution in [0.5, 0.6) is 0 Å². The Morgan fingerprint density at radius 3 is 2.14 bits per heavy atom. The monoisotopic (exact) mass is 221 g/mol. The van der Waals surface area contributed by atoms with Gasteiger partial charge >= 0.3 is 6.09 Å². The van der Waals surface area contributed by atoms with Gasteiger partial charge < -0.3 is 10.1 Å². The predicted octanol–water partition coefficient (Wildman–Crippen LogP) is 1.71. The molecule has 0 aliphatic heterocycles. The van der Waals surface area contributed by atoms with Crippen molar-refractivity contribution in [3.63, 3.8) is 0 Å². The van der Waals surface area contributed by atoms with Crippen molar-refractivity contribution in [2.75, 3.05) is 13.0 Å². The fraction of sp³-hybridized carbons (Fsp3) is 0.778. The van der Waals surface area contributed by atoms with Crippen molar-refractivity contribution in [1.29, 1.82) is 0 Å². The van der Waals surface area contributed by atoms with Crippen LogP contribution in [-0.4, -0.2) is 30.4 Å². The van der Waals surface area contributed by atoms with Gasteiger partial charge in [-0.05, 0) is 12.8 Å². The second-order valence-electron chi connectivity index (χ2n) is 2.96. The lowest BCUT2D eigenvalue weighted by atomic mass is 9.89. The molecule has 4 nitrogen and oxygen atoms in total. The van der Waals surface area contributed by atoms with E-state index in [1.165, 1.54) is 7.11 Å². The topological polar surface area (TPSA) is 55.4 Å². The van der Waals surface area contributed by atoms with Crippen molar-refractivity contribution in [2.24, 2.45) is 0 Å². The SMILES string of the molecule is CCC(CC)(NC(=O)OC)C(=O)CCl. The molecule has 0 spiro atoms. The summed E-state index contributed by atoms with van der Waals surface area (Å²) in [5, 5.41) is 2.54. The van der Waals surface area contributed by atoms with Crippen molar-refractivity contribution < 1.29 is 14.3 Å². The molecule has 0 saturated heterocycles. The molecule has 0 unspecified atom stereocenters. The highest BCUT2D eigenvalue weighted by Crippen LogP contribution is 2.17. The minimum atomic E-state index is -0.880. The Hall–Kier alpha value is -0.770. The van der Waals surface area contributed by atoms with Crippen molar-refractivity contribution >= 4 is 23.5 Å². The standard InChI is InChI=1S/C9H16ClNO3/c1-4-9(5-2,7(12)6-10)11-8(13)14-3/h4-6H2,1-3H3,(H,11,13). The molecule has 0 bridgehead atoms. The van der Waals surface area contributed by atoms with Gasteiger partial charge in [-0.1, -0.05) is 13.8 Å². The molecule has 0 aromatic rings. The molecule has 1 N–H and O–H groups in total. The highest BCUT2D eigenvalue weighted by Gasteiger charge is 2.35. The number of ketones is 1. The van der Waals surface area contributed by atoms with Gasteiger partial charge in [0, 0.05) is 0 Å². The van der Waals surface area contributed by atoms with E-state index in [1.807, 2.05) is 13.8 Å². The van der Waals surface area contributed by atoms with Crippen LogP contribution in [0.15, 0.2) is 0 Å². The summed E-state index contributed by atoms with van der Waals surface area (Å²) >= 11 is 5.48. The first-order valence-electron chi connectivity index (χ1n) is 4.51. The van der Waals surface area contributed by atoms with E-state index < -0.39 is 11.6 Å². The third kappa shape index (κ3) is 2.87. The lowest BCUT2D eigenvalue weighted by molar-refractivity contribution is -0.123. The largest absolute Gasteiger partial charge is 0.453 e. The van der Waals surface area contributed by atoms with E-state index in [4.69, 9.17) is 11.6 Å². The maximum Gasteiger partial charge on any atom is 0.407 e. The first-order chi connectivity index (χ1) is 6.56. The minimum Gasteiger partial charge on any atom is -0.453 e. The number of methoxy groups -OCH3 is 1. The van der Waals surface area contributed by atoms with Crippen LogP contribution in [0.3, 0.4) is 0 Å². The van der Waals surface area contributed by atoms with Gasteiger partial charge in [-0.3, -0.25) is 4.79 Å². The number of rotatable bonds is 5. The molecule has 14 heavy (non-hydrogen) atoms. The maximum absolute atomic E-state index is 11.5. The number of hydrogen-bond acceptors (Lipinski definition) is 3. The average Bonchev–Trinajstić information content (AvgIpc) is 2.24. The lowest BCUT2D eigenvalue weighted by Crippen LogP contribution is -2.54. The van der Waals surface area contributed by atoms with Gasteiger partial charge in [-0.25, -0.2) is 4.79 Å². The van der Waals surface area contributed by atoms with Crippen molar-refractivity contribution in [3.8, 4) is 0 Å². The number of alkyl carbamates (subject to hydrolysis) is 1. The molecular weight excluding hydrogens is 206 g/mol. The number of ether oxygens (including phenoxy) is 1. The zero-order valence-corrected chi connectivity index (χ0v) is 9.48. The Labute approximate surface area is 88.9 Å². The summed E-state index contributed by atoms with van der Waals surface area (Å²) in [6.45, 7) is 3.65. The minimum absolute atomic E-state index is 0.105. The normalized spacial score (nSPS) is 10.9. The van der Waals surface area contributed by atoms with Gasteiger partial charge in [0.2, 0.25) is 0 Å². The number of carbonyl (C=O) groups is 2. The number of nitrogens with one attached hydrogen (secondary N) is 1. The van der Waals surface area contributed by atoms with Crippen LogP contribution in [0.2, 0.25) is 0 Å². The molecule has 0 atom stereocenters. The molecule has 5 heteroatoms. The van der Waals surface area contributed by atoms with Gasteiger partial charge in [-0.2, -0.15) is 0 Å². The van der Waals surface area contributed by atoms with E-state index in [2.05, 4.69) is 10.1 Å². The van der Waals surface area contributed by atoms with E-state index in [9.17, 15) is 9.59 Å². The smallest absolute Gasteiger partial charge is 0.407 e. The van der Waals surface area contributed by atoms with Crippen LogP contribution in [0.25, 0.3) is 0 Å².